The van der Waals surface area contributed by atoms with E-state index in [2.05, 4.69) is 21.2 Å². The first-order chi connectivity index (χ1) is 12.0. The highest BCUT2D eigenvalue weighted by Crippen LogP contribution is 2.35. The molecule has 2 rings (SSSR count). The van der Waals surface area contributed by atoms with Crippen LogP contribution in [0.15, 0.2) is 34.8 Å². The molecule has 0 atom stereocenters. The zero-order valence-corrected chi connectivity index (χ0v) is 16.1. The van der Waals surface area contributed by atoms with Gasteiger partial charge < -0.3 is 19.9 Å². The zero-order chi connectivity index (χ0) is 18.4. The summed E-state index contributed by atoms with van der Waals surface area (Å²) in [6, 6.07) is 9.03. The molecule has 134 valence electrons. The molecule has 0 saturated heterocycles. The normalized spacial score (nSPS) is 10.4. The lowest BCUT2D eigenvalue weighted by atomic mass is 10.1. The van der Waals surface area contributed by atoms with Crippen molar-refractivity contribution in [2.75, 3.05) is 19.0 Å². The second-order valence-corrected chi connectivity index (χ2v) is 6.50. The summed E-state index contributed by atoms with van der Waals surface area (Å²) < 4.78 is 12.2. The first-order valence-corrected chi connectivity index (χ1v) is 8.83. The molecule has 6 heteroatoms. The number of nitrogens with one attached hydrogen (secondary N) is 1. The fourth-order valence-electron chi connectivity index (χ4n) is 2.52. The molecule has 0 amide bonds. The van der Waals surface area contributed by atoms with Crippen LogP contribution in [0.25, 0.3) is 0 Å². The maximum Gasteiger partial charge on any atom is 0.336 e. The van der Waals surface area contributed by atoms with Gasteiger partial charge in [0.05, 0.1) is 19.3 Å². The summed E-state index contributed by atoms with van der Waals surface area (Å²) in [5.74, 6) is 0.431. The summed E-state index contributed by atoms with van der Waals surface area (Å²) in [4.78, 5) is 11.3. The number of halogens is 1. The molecule has 5 nitrogen and oxygen atoms in total. The summed E-state index contributed by atoms with van der Waals surface area (Å²) in [6.45, 7) is 4.92. The molecule has 0 aliphatic heterocycles. The molecule has 2 aromatic carbocycles. The molecule has 0 spiro atoms. The predicted molar refractivity (Wildman–Crippen MR) is 102 cm³/mol. The molecule has 0 bridgehead atoms. The highest BCUT2D eigenvalue weighted by molar-refractivity contribution is 9.10. The van der Waals surface area contributed by atoms with Gasteiger partial charge in [-0.1, -0.05) is 28.9 Å². The van der Waals surface area contributed by atoms with E-state index in [1.165, 1.54) is 0 Å². The number of hydrogen-bond acceptors (Lipinski definition) is 4. The van der Waals surface area contributed by atoms with Crippen LogP contribution >= 0.6 is 15.9 Å². The Hall–Kier alpha value is -2.21. The van der Waals surface area contributed by atoms with Crippen LogP contribution in [0.3, 0.4) is 0 Å². The van der Waals surface area contributed by atoms with Crippen molar-refractivity contribution in [1.82, 2.24) is 0 Å². The fourth-order valence-corrected chi connectivity index (χ4v) is 3.01. The van der Waals surface area contributed by atoms with Crippen molar-refractivity contribution in [2.24, 2.45) is 0 Å². The second kappa shape index (κ2) is 8.76. The molecule has 0 saturated carbocycles. The Morgan fingerprint density at radius 1 is 1.32 bits per heavy atom. The van der Waals surface area contributed by atoms with Crippen molar-refractivity contribution >= 4 is 27.6 Å². The van der Waals surface area contributed by atoms with E-state index in [9.17, 15) is 9.90 Å². The third-order valence-corrected chi connectivity index (χ3v) is 4.26. The number of rotatable bonds is 8. The quantitative estimate of drug-likeness (QED) is 0.653. The van der Waals surface area contributed by atoms with Crippen molar-refractivity contribution in [3.8, 4) is 11.5 Å². The minimum Gasteiger partial charge on any atom is -0.493 e. The number of methoxy groups -OCH3 is 1. The van der Waals surface area contributed by atoms with Crippen molar-refractivity contribution in [2.45, 2.75) is 26.8 Å². The van der Waals surface area contributed by atoms with E-state index in [1.54, 1.807) is 26.2 Å². The van der Waals surface area contributed by atoms with Crippen molar-refractivity contribution in [3.63, 3.8) is 0 Å². The molecule has 0 aliphatic carbocycles. The molecule has 0 heterocycles. The highest BCUT2D eigenvalue weighted by Gasteiger charge is 2.14. The zero-order valence-electron chi connectivity index (χ0n) is 14.6. The van der Waals surface area contributed by atoms with Crippen molar-refractivity contribution < 1.29 is 19.4 Å². The SMILES string of the molecule is CCCOc1c(CNc2cccc(C(=O)O)c2C)cc(Br)cc1OC. The highest BCUT2D eigenvalue weighted by atomic mass is 79.9. The fraction of sp³-hybridized carbons (Fsp3) is 0.316. The number of benzene rings is 2. The summed E-state index contributed by atoms with van der Waals surface area (Å²) >= 11 is 3.49. The lowest BCUT2D eigenvalue weighted by molar-refractivity contribution is 0.0696. The standard InChI is InChI=1S/C19H22BrNO4/c1-4-8-25-18-13(9-14(20)10-17(18)24-3)11-21-16-7-5-6-15(12(16)2)19(22)23/h5-7,9-10,21H,4,8,11H2,1-3H3,(H,22,23). The van der Waals surface area contributed by atoms with E-state index in [4.69, 9.17) is 9.47 Å². The van der Waals surface area contributed by atoms with Gasteiger partial charge in [0.15, 0.2) is 11.5 Å². The minimum atomic E-state index is -0.933. The third kappa shape index (κ3) is 4.66. The van der Waals surface area contributed by atoms with E-state index >= 15 is 0 Å². The van der Waals surface area contributed by atoms with Gasteiger partial charge in [-0.3, -0.25) is 0 Å². The van der Waals surface area contributed by atoms with Gasteiger partial charge in [0, 0.05) is 22.3 Å². The third-order valence-electron chi connectivity index (χ3n) is 3.80. The lowest BCUT2D eigenvalue weighted by Gasteiger charge is -2.17. The Labute approximate surface area is 156 Å². The summed E-state index contributed by atoms with van der Waals surface area (Å²) in [6.07, 6.45) is 0.895. The van der Waals surface area contributed by atoms with Crippen molar-refractivity contribution in [3.05, 3.63) is 51.5 Å². The Bertz CT molecular complexity index is 761. The van der Waals surface area contributed by atoms with Gasteiger partial charge in [-0.15, -0.1) is 0 Å². The average molecular weight is 408 g/mol. The molecule has 2 N–H and O–H groups in total. The van der Waals surface area contributed by atoms with Crippen LogP contribution in [0.2, 0.25) is 0 Å². The van der Waals surface area contributed by atoms with Gasteiger partial charge in [-0.25, -0.2) is 4.79 Å². The van der Waals surface area contributed by atoms with E-state index < -0.39 is 5.97 Å². The van der Waals surface area contributed by atoms with Gasteiger partial charge in [-0.05, 0) is 43.2 Å². The Morgan fingerprint density at radius 2 is 2.08 bits per heavy atom. The van der Waals surface area contributed by atoms with Gasteiger partial charge >= 0.3 is 5.97 Å². The maximum absolute atomic E-state index is 11.3. The monoisotopic (exact) mass is 407 g/mol. The summed E-state index contributed by atoms with van der Waals surface area (Å²) in [5, 5.41) is 12.6. The van der Waals surface area contributed by atoms with Crippen LogP contribution < -0.4 is 14.8 Å². The number of aromatic carboxylic acids is 1. The number of anilines is 1. The van der Waals surface area contributed by atoms with Gasteiger partial charge in [0.2, 0.25) is 0 Å². The lowest BCUT2D eigenvalue weighted by Crippen LogP contribution is -2.08. The summed E-state index contributed by atoms with van der Waals surface area (Å²) in [5.41, 5.74) is 2.70. The first-order valence-electron chi connectivity index (χ1n) is 8.03. The van der Waals surface area contributed by atoms with Crippen LogP contribution in [0.1, 0.15) is 34.8 Å². The number of carboxylic acids is 1. The van der Waals surface area contributed by atoms with Crippen LogP contribution in [-0.4, -0.2) is 24.8 Å². The van der Waals surface area contributed by atoms with E-state index in [-0.39, 0.29) is 0 Å². The maximum atomic E-state index is 11.3. The number of carboxylic acid groups (broad SMARTS) is 1. The number of ether oxygens (including phenoxy) is 2. The van der Waals surface area contributed by atoms with Crippen LogP contribution in [-0.2, 0) is 6.54 Å². The molecule has 0 aliphatic rings. The molecule has 0 radical (unpaired) electrons. The van der Waals surface area contributed by atoms with Gasteiger partial charge in [-0.2, -0.15) is 0 Å². The molecule has 0 aromatic heterocycles. The largest absolute Gasteiger partial charge is 0.493 e. The minimum absolute atomic E-state index is 0.291. The van der Waals surface area contributed by atoms with E-state index in [0.717, 1.165) is 22.1 Å². The van der Waals surface area contributed by atoms with Crippen LogP contribution in [0, 0.1) is 6.92 Å². The molecule has 25 heavy (non-hydrogen) atoms. The number of carbonyl (C=O) groups is 1. The molecule has 0 fully saturated rings. The van der Waals surface area contributed by atoms with E-state index in [0.29, 0.717) is 35.8 Å². The van der Waals surface area contributed by atoms with Crippen LogP contribution in [0.4, 0.5) is 5.69 Å². The smallest absolute Gasteiger partial charge is 0.336 e. The molecule has 2 aromatic rings. The van der Waals surface area contributed by atoms with Gasteiger partial charge in [0.25, 0.3) is 0 Å². The Kier molecular flexibility index (Phi) is 6.70. The molecular weight excluding hydrogens is 386 g/mol. The Balaban J connectivity index is 2.30. The van der Waals surface area contributed by atoms with Crippen LogP contribution in [0.5, 0.6) is 11.5 Å². The Morgan fingerprint density at radius 3 is 2.72 bits per heavy atom. The average Bonchev–Trinajstić information content (AvgIpc) is 2.59. The van der Waals surface area contributed by atoms with Gasteiger partial charge in [0.1, 0.15) is 0 Å². The summed E-state index contributed by atoms with van der Waals surface area (Å²) in [7, 11) is 1.61. The molecular formula is C19H22BrNO4. The molecule has 0 unspecified atom stereocenters. The second-order valence-electron chi connectivity index (χ2n) is 5.58. The predicted octanol–water partition coefficient (Wildman–Crippen LogP) is 4.87. The topological polar surface area (TPSA) is 67.8 Å². The van der Waals surface area contributed by atoms with Crippen molar-refractivity contribution in [1.29, 1.82) is 0 Å². The van der Waals surface area contributed by atoms with E-state index in [1.807, 2.05) is 25.1 Å². The number of hydrogen-bond donors (Lipinski definition) is 2. The first kappa shape index (κ1) is 19.1.